The first-order chi connectivity index (χ1) is 11.5. The van der Waals surface area contributed by atoms with Crippen LogP contribution >= 0.6 is 0 Å². The Labute approximate surface area is 141 Å². The molecule has 0 aliphatic carbocycles. The first kappa shape index (κ1) is 16.6. The molecule has 1 aromatic carbocycles. The average molecular weight is 328 g/mol. The minimum Gasteiger partial charge on any atom is -0.349 e. The summed E-state index contributed by atoms with van der Waals surface area (Å²) in [4.78, 5) is 31.3. The van der Waals surface area contributed by atoms with Crippen molar-refractivity contribution in [3.63, 3.8) is 0 Å². The molecule has 1 N–H and O–H groups in total. The molecule has 0 unspecified atom stereocenters. The lowest BCUT2D eigenvalue weighted by molar-refractivity contribution is 0.0917. The second-order valence-corrected chi connectivity index (χ2v) is 6.50. The number of piperidine rings is 1. The molecule has 2 aromatic rings. The maximum atomic E-state index is 12.5. The van der Waals surface area contributed by atoms with Gasteiger partial charge in [0.2, 0.25) is 0 Å². The minimum atomic E-state index is -0.0754. The number of rotatable bonds is 3. The SMILES string of the molecule is CCn1c(=O)c(C)nc2cc(C(=O)NC3CCN(C)CC3)ccc21. The lowest BCUT2D eigenvalue weighted by Crippen LogP contribution is -2.43. The van der Waals surface area contributed by atoms with Crippen LogP contribution in [-0.2, 0) is 6.54 Å². The molecule has 24 heavy (non-hydrogen) atoms. The van der Waals surface area contributed by atoms with Gasteiger partial charge in [0.05, 0.1) is 11.0 Å². The number of aryl methyl sites for hydroxylation is 2. The van der Waals surface area contributed by atoms with Crippen molar-refractivity contribution in [1.82, 2.24) is 19.8 Å². The molecule has 1 fully saturated rings. The molecular formula is C18H24N4O2. The highest BCUT2D eigenvalue weighted by Gasteiger charge is 2.19. The van der Waals surface area contributed by atoms with E-state index >= 15 is 0 Å². The lowest BCUT2D eigenvalue weighted by atomic mass is 10.0. The predicted octanol–water partition coefficient (Wildman–Crippen LogP) is 1.55. The van der Waals surface area contributed by atoms with E-state index in [2.05, 4.69) is 22.2 Å². The van der Waals surface area contributed by atoms with Crippen LogP contribution in [0.25, 0.3) is 11.0 Å². The zero-order chi connectivity index (χ0) is 17.3. The largest absolute Gasteiger partial charge is 0.349 e. The van der Waals surface area contributed by atoms with Crippen molar-refractivity contribution in [2.45, 2.75) is 39.3 Å². The third-order valence-electron chi connectivity index (χ3n) is 4.74. The van der Waals surface area contributed by atoms with Gasteiger partial charge in [0.25, 0.3) is 11.5 Å². The quantitative estimate of drug-likeness (QED) is 0.928. The van der Waals surface area contributed by atoms with Gasteiger partial charge in [-0.25, -0.2) is 4.98 Å². The summed E-state index contributed by atoms with van der Waals surface area (Å²) in [5.74, 6) is -0.0693. The standard InChI is InChI=1S/C18H24N4O2/c1-4-22-16-6-5-13(11-15(16)19-12(2)18(22)24)17(23)20-14-7-9-21(3)10-8-14/h5-6,11,14H,4,7-10H2,1-3H3,(H,20,23). The summed E-state index contributed by atoms with van der Waals surface area (Å²) in [6, 6.07) is 5.59. The number of benzene rings is 1. The van der Waals surface area contributed by atoms with E-state index in [0.29, 0.717) is 23.3 Å². The number of aromatic nitrogens is 2. The highest BCUT2D eigenvalue weighted by atomic mass is 16.1. The number of nitrogens with one attached hydrogen (secondary N) is 1. The molecule has 1 amide bonds. The van der Waals surface area contributed by atoms with Gasteiger partial charge in [-0.15, -0.1) is 0 Å². The van der Waals surface area contributed by atoms with Gasteiger partial charge in [-0.05, 0) is 65.0 Å². The van der Waals surface area contributed by atoms with E-state index < -0.39 is 0 Å². The summed E-state index contributed by atoms with van der Waals surface area (Å²) in [7, 11) is 2.10. The number of amides is 1. The third kappa shape index (κ3) is 3.19. The average Bonchev–Trinajstić information content (AvgIpc) is 2.57. The van der Waals surface area contributed by atoms with Crippen LogP contribution in [-0.4, -0.2) is 46.5 Å². The van der Waals surface area contributed by atoms with Gasteiger partial charge >= 0.3 is 0 Å². The molecule has 1 saturated heterocycles. The van der Waals surface area contributed by atoms with Crippen molar-refractivity contribution >= 4 is 16.9 Å². The van der Waals surface area contributed by atoms with Crippen molar-refractivity contribution in [3.8, 4) is 0 Å². The number of carbonyl (C=O) groups excluding carboxylic acids is 1. The Bertz CT molecular complexity index is 820. The molecule has 1 aliphatic heterocycles. The number of hydrogen-bond acceptors (Lipinski definition) is 4. The van der Waals surface area contributed by atoms with Crippen LogP contribution in [0.3, 0.4) is 0 Å². The van der Waals surface area contributed by atoms with Crippen LogP contribution in [0.2, 0.25) is 0 Å². The molecule has 0 atom stereocenters. The van der Waals surface area contributed by atoms with Crippen LogP contribution in [0.5, 0.6) is 0 Å². The van der Waals surface area contributed by atoms with Crippen LogP contribution in [0, 0.1) is 6.92 Å². The fourth-order valence-corrected chi connectivity index (χ4v) is 3.25. The van der Waals surface area contributed by atoms with Crippen LogP contribution < -0.4 is 10.9 Å². The predicted molar refractivity (Wildman–Crippen MR) is 94.4 cm³/mol. The fraction of sp³-hybridized carbons (Fsp3) is 0.500. The van der Waals surface area contributed by atoms with E-state index in [-0.39, 0.29) is 17.5 Å². The maximum Gasteiger partial charge on any atom is 0.272 e. The summed E-state index contributed by atoms with van der Waals surface area (Å²) in [5.41, 5.74) is 2.43. The van der Waals surface area contributed by atoms with E-state index in [1.54, 1.807) is 23.6 Å². The smallest absolute Gasteiger partial charge is 0.272 e. The number of nitrogens with zero attached hydrogens (tertiary/aromatic N) is 3. The van der Waals surface area contributed by atoms with Gasteiger partial charge in [0.15, 0.2) is 0 Å². The summed E-state index contributed by atoms with van der Waals surface area (Å²) in [5, 5.41) is 3.11. The molecule has 0 spiro atoms. The minimum absolute atomic E-state index is 0.0693. The summed E-state index contributed by atoms with van der Waals surface area (Å²) in [6.07, 6.45) is 1.95. The van der Waals surface area contributed by atoms with Crippen molar-refractivity contribution in [3.05, 3.63) is 39.8 Å². The Hall–Kier alpha value is -2.21. The molecule has 3 rings (SSSR count). The van der Waals surface area contributed by atoms with Gasteiger partial charge in [-0.1, -0.05) is 0 Å². The molecule has 0 saturated carbocycles. The molecule has 6 heteroatoms. The van der Waals surface area contributed by atoms with Crippen molar-refractivity contribution in [2.24, 2.45) is 0 Å². The topological polar surface area (TPSA) is 67.2 Å². The Balaban J connectivity index is 1.86. The highest BCUT2D eigenvalue weighted by molar-refractivity contribution is 5.97. The highest BCUT2D eigenvalue weighted by Crippen LogP contribution is 2.15. The Morgan fingerprint density at radius 2 is 2.04 bits per heavy atom. The van der Waals surface area contributed by atoms with Crippen molar-refractivity contribution < 1.29 is 4.79 Å². The molecule has 128 valence electrons. The third-order valence-corrected chi connectivity index (χ3v) is 4.74. The van der Waals surface area contributed by atoms with Crippen molar-refractivity contribution in [2.75, 3.05) is 20.1 Å². The Morgan fingerprint density at radius 1 is 1.33 bits per heavy atom. The fourth-order valence-electron chi connectivity index (χ4n) is 3.25. The second kappa shape index (κ2) is 6.73. The maximum absolute atomic E-state index is 12.5. The van der Waals surface area contributed by atoms with Crippen LogP contribution in [0.4, 0.5) is 0 Å². The monoisotopic (exact) mass is 328 g/mol. The van der Waals surface area contributed by atoms with Gasteiger partial charge < -0.3 is 14.8 Å². The Morgan fingerprint density at radius 3 is 2.71 bits per heavy atom. The molecule has 6 nitrogen and oxygen atoms in total. The molecule has 2 heterocycles. The normalized spacial score (nSPS) is 16.5. The molecular weight excluding hydrogens is 304 g/mol. The van der Waals surface area contributed by atoms with Crippen LogP contribution in [0.1, 0.15) is 35.8 Å². The second-order valence-electron chi connectivity index (χ2n) is 6.50. The van der Waals surface area contributed by atoms with E-state index in [0.717, 1.165) is 31.4 Å². The summed E-state index contributed by atoms with van der Waals surface area (Å²) >= 11 is 0. The first-order valence-electron chi connectivity index (χ1n) is 8.50. The van der Waals surface area contributed by atoms with E-state index in [1.165, 1.54) is 0 Å². The number of fused-ring (bicyclic) bond motifs is 1. The molecule has 1 aliphatic rings. The van der Waals surface area contributed by atoms with Crippen molar-refractivity contribution in [1.29, 1.82) is 0 Å². The number of hydrogen-bond donors (Lipinski definition) is 1. The molecule has 0 bridgehead atoms. The van der Waals surface area contributed by atoms with Gasteiger partial charge in [0.1, 0.15) is 5.69 Å². The number of carbonyl (C=O) groups is 1. The van der Waals surface area contributed by atoms with E-state index in [1.807, 2.05) is 13.0 Å². The lowest BCUT2D eigenvalue weighted by Gasteiger charge is -2.29. The first-order valence-corrected chi connectivity index (χ1v) is 8.50. The Kier molecular flexibility index (Phi) is 4.66. The summed E-state index contributed by atoms with van der Waals surface area (Å²) < 4.78 is 1.69. The van der Waals surface area contributed by atoms with Gasteiger partial charge in [0, 0.05) is 18.2 Å². The number of likely N-dealkylation sites (tertiary alicyclic amines) is 1. The zero-order valence-electron chi connectivity index (χ0n) is 14.5. The van der Waals surface area contributed by atoms with E-state index in [4.69, 9.17) is 0 Å². The zero-order valence-corrected chi connectivity index (χ0v) is 14.5. The van der Waals surface area contributed by atoms with Crippen LogP contribution in [0.15, 0.2) is 23.0 Å². The van der Waals surface area contributed by atoms with Gasteiger partial charge in [-0.3, -0.25) is 9.59 Å². The van der Waals surface area contributed by atoms with Gasteiger partial charge in [-0.2, -0.15) is 0 Å². The summed E-state index contributed by atoms with van der Waals surface area (Å²) in [6.45, 7) is 6.23. The molecule has 0 radical (unpaired) electrons. The van der Waals surface area contributed by atoms with E-state index in [9.17, 15) is 9.59 Å². The molecule has 1 aromatic heterocycles.